The lowest BCUT2D eigenvalue weighted by Gasteiger charge is -2.10. The van der Waals surface area contributed by atoms with Crippen LogP contribution in [0, 0.1) is 6.92 Å². The molecule has 8 heteroatoms. The molecule has 0 atom stereocenters. The van der Waals surface area contributed by atoms with Crippen LogP contribution in [0.4, 0.5) is 0 Å². The molecule has 0 aliphatic carbocycles. The van der Waals surface area contributed by atoms with Gasteiger partial charge in [0.15, 0.2) is 23.3 Å². The number of nitrogens with zero attached hydrogens (tertiary/aromatic N) is 5. The van der Waals surface area contributed by atoms with Crippen molar-refractivity contribution in [2.24, 2.45) is 0 Å². The molecule has 60 heavy (non-hydrogen) atoms. The van der Waals surface area contributed by atoms with E-state index in [0.29, 0.717) is 23.3 Å². The third kappa shape index (κ3) is 6.50. The Labute approximate surface area is 359 Å². The number of allylic oxidation sites excluding steroid dienone is 2. The number of aromatic nitrogens is 5. The molecule has 6 aromatic carbocycles. The summed E-state index contributed by atoms with van der Waals surface area (Å²) in [6, 6.07) is 48.5. The quantitative estimate of drug-likeness (QED) is 0.150. The van der Waals surface area contributed by atoms with Gasteiger partial charge in [-0.1, -0.05) is 148 Å². The smallest absolute Gasteiger partial charge is 0.165 e. The maximum atomic E-state index is 5.28. The van der Waals surface area contributed by atoms with Gasteiger partial charge in [0.1, 0.15) is 0 Å². The van der Waals surface area contributed by atoms with Gasteiger partial charge in [-0.25, -0.2) is 24.9 Å². The molecule has 0 bridgehead atoms. The largest absolute Gasteiger partial charge is 0.226 e. The minimum Gasteiger partial charge on any atom is -0.226 e. The lowest BCUT2D eigenvalue weighted by Crippen LogP contribution is -2.00. The highest BCUT2D eigenvalue weighted by molar-refractivity contribution is 7.26. The molecule has 0 aliphatic rings. The van der Waals surface area contributed by atoms with Crippen LogP contribution >= 0.6 is 34.0 Å². The average Bonchev–Trinajstić information content (AvgIpc) is 3.99. The predicted octanol–water partition coefficient (Wildman–Crippen LogP) is 15.5. The van der Waals surface area contributed by atoms with Crippen molar-refractivity contribution in [1.29, 1.82) is 0 Å². The molecular formula is C52H37N5S3. The second-order valence-electron chi connectivity index (χ2n) is 14.1. The lowest BCUT2D eigenvalue weighted by atomic mass is 10.0. The van der Waals surface area contributed by atoms with E-state index in [9.17, 15) is 0 Å². The Hall–Kier alpha value is -6.71. The molecule has 0 N–H and O–H groups in total. The van der Waals surface area contributed by atoms with E-state index in [2.05, 4.69) is 135 Å². The van der Waals surface area contributed by atoms with E-state index >= 15 is 0 Å². The maximum Gasteiger partial charge on any atom is 0.165 e. The van der Waals surface area contributed by atoms with Crippen LogP contribution < -0.4 is 0 Å². The van der Waals surface area contributed by atoms with E-state index < -0.39 is 0 Å². The van der Waals surface area contributed by atoms with Gasteiger partial charge in [0, 0.05) is 67.7 Å². The molecule has 0 spiro atoms. The Balaban J connectivity index is 0.00000213. The van der Waals surface area contributed by atoms with Gasteiger partial charge in [-0.2, -0.15) is 0 Å². The molecule has 0 aliphatic heterocycles. The van der Waals surface area contributed by atoms with Gasteiger partial charge in [0.05, 0.1) is 15.9 Å². The van der Waals surface area contributed by atoms with Crippen molar-refractivity contribution in [1.82, 2.24) is 24.9 Å². The molecule has 0 fully saturated rings. The number of thiophene rings is 3. The Bertz CT molecular complexity index is 3430. The molecule has 0 saturated carbocycles. The Morgan fingerprint density at radius 2 is 1.13 bits per heavy atom. The minimum absolute atomic E-state index is 0.638. The topological polar surface area (TPSA) is 64.5 Å². The Morgan fingerprint density at radius 3 is 1.93 bits per heavy atom. The predicted molar refractivity (Wildman–Crippen MR) is 259 cm³/mol. The zero-order chi connectivity index (χ0) is 40.7. The third-order valence-corrected chi connectivity index (χ3v) is 14.1. The molecule has 0 amide bonds. The van der Waals surface area contributed by atoms with E-state index in [0.717, 1.165) is 74.0 Å². The van der Waals surface area contributed by atoms with Crippen molar-refractivity contribution in [2.45, 2.75) is 20.8 Å². The lowest BCUT2D eigenvalue weighted by molar-refractivity contribution is 1.08. The van der Waals surface area contributed by atoms with E-state index in [1.807, 2.05) is 50.3 Å². The molecule has 11 rings (SSSR count). The zero-order valence-corrected chi connectivity index (χ0v) is 35.6. The van der Waals surface area contributed by atoms with E-state index in [-0.39, 0.29) is 0 Å². The summed E-state index contributed by atoms with van der Waals surface area (Å²) in [6.07, 6.45) is 5.92. The van der Waals surface area contributed by atoms with E-state index in [1.54, 1.807) is 34.0 Å². The van der Waals surface area contributed by atoms with E-state index in [4.69, 9.17) is 24.9 Å². The first-order chi connectivity index (χ1) is 29.6. The molecule has 288 valence electrons. The summed E-state index contributed by atoms with van der Waals surface area (Å²) in [4.78, 5) is 27.3. The first-order valence-corrected chi connectivity index (χ1v) is 22.4. The monoisotopic (exact) mass is 827 g/mol. The number of hydrogen-bond acceptors (Lipinski definition) is 8. The van der Waals surface area contributed by atoms with Crippen molar-refractivity contribution >= 4 is 90.6 Å². The summed E-state index contributed by atoms with van der Waals surface area (Å²) < 4.78 is 5.77. The second-order valence-corrected chi connectivity index (χ2v) is 17.3. The van der Waals surface area contributed by atoms with Crippen LogP contribution in [0.25, 0.3) is 113 Å². The number of benzene rings is 6. The van der Waals surface area contributed by atoms with Crippen LogP contribution in [0.15, 0.2) is 158 Å². The highest BCUT2D eigenvalue weighted by Gasteiger charge is 2.21. The normalized spacial score (nSPS) is 11.6. The molecule has 5 heterocycles. The van der Waals surface area contributed by atoms with Crippen LogP contribution in [0.2, 0.25) is 0 Å². The van der Waals surface area contributed by atoms with Crippen LogP contribution in [-0.2, 0) is 0 Å². The van der Waals surface area contributed by atoms with Crippen molar-refractivity contribution in [2.75, 3.05) is 0 Å². The summed E-state index contributed by atoms with van der Waals surface area (Å²) in [5.74, 6) is 2.64. The molecule has 5 aromatic heterocycles. The number of hydrogen-bond donors (Lipinski definition) is 0. The van der Waals surface area contributed by atoms with Gasteiger partial charge >= 0.3 is 0 Å². The zero-order valence-electron chi connectivity index (χ0n) is 33.2. The maximum absolute atomic E-state index is 5.28. The molecule has 11 aromatic rings. The molecular weight excluding hydrogens is 791 g/mol. The van der Waals surface area contributed by atoms with Crippen LogP contribution in [0.5, 0.6) is 0 Å². The third-order valence-electron chi connectivity index (χ3n) is 10.6. The summed E-state index contributed by atoms with van der Waals surface area (Å²) >= 11 is 5.27. The van der Waals surface area contributed by atoms with Gasteiger partial charge in [-0.3, -0.25) is 0 Å². The number of rotatable bonds is 7. The first kappa shape index (κ1) is 37.6. The van der Waals surface area contributed by atoms with Crippen LogP contribution in [0.3, 0.4) is 0 Å². The summed E-state index contributed by atoms with van der Waals surface area (Å²) in [6.45, 7) is 10.0. The standard InChI is InChI=1S/C50H31N5S3.C2H6/c1-3-4-23-38-29(2)33-20-13-22-37(45(33)57-38)50-54-47(31-17-9-6-10-18-31)53-49(55-50)36-21-14-25-40-42(36)34-27-26-32(28-41(34)56-40)48-51-43(30-15-7-5-8-16-30)46-44(52-48)35-19-11-12-24-39(35)58-46;1-2/h3-28H,1H2,2H3;1-2H3/b23-4-;. The molecule has 5 nitrogen and oxygen atoms in total. The summed E-state index contributed by atoms with van der Waals surface area (Å²) in [7, 11) is 0. The number of fused-ring (bicyclic) bond motifs is 7. The van der Waals surface area contributed by atoms with Crippen LogP contribution in [-0.4, -0.2) is 24.9 Å². The van der Waals surface area contributed by atoms with Gasteiger partial charge in [-0.05, 0) is 48.2 Å². The highest BCUT2D eigenvalue weighted by atomic mass is 32.1. The van der Waals surface area contributed by atoms with Crippen molar-refractivity contribution in [3.63, 3.8) is 0 Å². The molecule has 0 saturated heterocycles. The summed E-state index contributed by atoms with van der Waals surface area (Å²) in [5, 5.41) is 4.61. The van der Waals surface area contributed by atoms with Gasteiger partial charge in [0.2, 0.25) is 0 Å². The van der Waals surface area contributed by atoms with Gasteiger partial charge in [-0.15, -0.1) is 34.0 Å². The van der Waals surface area contributed by atoms with E-state index in [1.165, 1.54) is 20.5 Å². The fraction of sp³-hybridized carbons (Fsp3) is 0.0577. The Morgan fingerprint density at radius 1 is 0.483 bits per heavy atom. The second kappa shape index (κ2) is 15.8. The highest BCUT2D eigenvalue weighted by Crippen LogP contribution is 2.44. The fourth-order valence-corrected chi connectivity index (χ4v) is 11.3. The van der Waals surface area contributed by atoms with Gasteiger partial charge < -0.3 is 0 Å². The SMILES string of the molecule is C=C/C=C\c1sc2c(-c3nc(-c4ccccc4)nc(-c4cccc5sc6cc(-c7nc(-c8ccccc8)c8sc9ccccc9c8n7)ccc6c45)n3)cccc2c1C.CC. The van der Waals surface area contributed by atoms with Crippen molar-refractivity contribution < 1.29 is 0 Å². The minimum atomic E-state index is 0.638. The van der Waals surface area contributed by atoms with Crippen molar-refractivity contribution in [3.05, 3.63) is 169 Å². The van der Waals surface area contributed by atoms with Crippen LogP contribution in [0.1, 0.15) is 24.3 Å². The number of aryl methyl sites for hydroxylation is 1. The van der Waals surface area contributed by atoms with Gasteiger partial charge in [0.25, 0.3) is 0 Å². The fourth-order valence-electron chi connectivity index (χ4n) is 7.75. The first-order valence-electron chi connectivity index (χ1n) is 19.9. The Kier molecular flexibility index (Phi) is 9.89. The summed E-state index contributed by atoms with van der Waals surface area (Å²) in [5.41, 5.74) is 8.13. The molecule has 0 unspecified atom stereocenters. The van der Waals surface area contributed by atoms with Crippen molar-refractivity contribution in [3.8, 4) is 56.8 Å². The average molecular weight is 828 g/mol. The molecule has 0 radical (unpaired) electrons.